The van der Waals surface area contributed by atoms with Crippen molar-refractivity contribution in [1.82, 2.24) is 0 Å². The maximum absolute atomic E-state index is 3.53. The fourth-order valence-electron chi connectivity index (χ4n) is 4.30. The van der Waals surface area contributed by atoms with Crippen LogP contribution in [0.25, 0.3) is 11.1 Å². The van der Waals surface area contributed by atoms with E-state index >= 15 is 0 Å². The third-order valence-electron chi connectivity index (χ3n) is 6.57. The Balaban J connectivity index is 0.000000360. The van der Waals surface area contributed by atoms with E-state index in [2.05, 4.69) is 110 Å². The molecule has 3 aliphatic carbocycles. The SMILES string of the molecule is CC(C)(C)c1c[c-]c2c(c1)-c1cc(C(C)(C)C)ccc1C2.[C-]1=CC=CC1.[Cl-].[Cl-].[Ti+2]=[C]1CCCCC1. The first-order valence-corrected chi connectivity index (χ1v) is 13.3. The van der Waals surface area contributed by atoms with E-state index in [0.717, 1.165) is 12.8 Å². The fraction of sp³-hybridized carbons (Fsp3) is 0.469. The zero-order valence-electron chi connectivity index (χ0n) is 22.3. The van der Waals surface area contributed by atoms with Gasteiger partial charge in [-0.3, -0.25) is 6.08 Å². The molecule has 2 aromatic rings. The third-order valence-corrected chi connectivity index (χ3v) is 7.35. The summed E-state index contributed by atoms with van der Waals surface area (Å²) in [5.74, 6) is 0. The number of benzene rings is 2. The van der Waals surface area contributed by atoms with Crippen LogP contribution in [-0.2, 0) is 37.2 Å². The molecular formula is C32H40Cl2Ti-2. The molecule has 3 heteroatoms. The molecule has 0 unspecified atom stereocenters. The topological polar surface area (TPSA) is 0 Å². The minimum atomic E-state index is 0. The molecule has 2 aromatic carbocycles. The summed E-state index contributed by atoms with van der Waals surface area (Å²) in [6.07, 6.45) is 18.2. The number of hydrogen-bond acceptors (Lipinski definition) is 0. The van der Waals surface area contributed by atoms with Crippen LogP contribution in [0.3, 0.4) is 0 Å². The van der Waals surface area contributed by atoms with Gasteiger partial charge in [0.2, 0.25) is 0 Å². The average Bonchev–Trinajstić information content (AvgIpc) is 3.44. The average molecular weight is 543 g/mol. The van der Waals surface area contributed by atoms with Crippen molar-refractivity contribution in [2.45, 2.75) is 97.3 Å². The van der Waals surface area contributed by atoms with Crippen molar-refractivity contribution < 1.29 is 44.8 Å². The molecule has 0 N–H and O–H groups in total. The molecular weight excluding hydrogens is 503 g/mol. The molecule has 1 fully saturated rings. The van der Waals surface area contributed by atoms with Crippen molar-refractivity contribution in [1.29, 1.82) is 0 Å². The molecule has 0 atom stereocenters. The van der Waals surface area contributed by atoms with Gasteiger partial charge >= 0.3 is 55.9 Å². The van der Waals surface area contributed by atoms with Crippen molar-refractivity contribution in [3.8, 4) is 11.1 Å². The molecule has 3 aliphatic rings. The number of allylic oxidation sites excluding steroid dienone is 4. The molecule has 0 aromatic heterocycles. The summed E-state index contributed by atoms with van der Waals surface area (Å²) in [6, 6.07) is 15.1. The monoisotopic (exact) mass is 542 g/mol. The second-order valence-electron chi connectivity index (χ2n) is 11.5. The Morgan fingerprint density at radius 2 is 1.43 bits per heavy atom. The van der Waals surface area contributed by atoms with Crippen molar-refractivity contribution in [3.63, 3.8) is 0 Å². The Bertz CT molecular complexity index is 953. The zero-order valence-corrected chi connectivity index (χ0v) is 25.4. The molecule has 0 bridgehead atoms. The van der Waals surface area contributed by atoms with Gasteiger partial charge in [0.25, 0.3) is 0 Å². The van der Waals surface area contributed by atoms with E-state index in [4.69, 9.17) is 0 Å². The second-order valence-corrected chi connectivity index (χ2v) is 12.6. The summed E-state index contributed by atoms with van der Waals surface area (Å²) < 4.78 is 1.71. The van der Waals surface area contributed by atoms with Gasteiger partial charge in [0.1, 0.15) is 0 Å². The summed E-state index contributed by atoms with van der Waals surface area (Å²) in [6.45, 7) is 13.6. The molecule has 0 amide bonds. The van der Waals surface area contributed by atoms with Crippen LogP contribution < -0.4 is 24.8 Å². The quantitative estimate of drug-likeness (QED) is 0.302. The van der Waals surface area contributed by atoms with Crippen LogP contribution in [0.4, 0.5) is 0 Å². The van der Waals surface area contributed by atoms with E-state index in [9.17, 15) is 0 Å². The van der Waals surface area contributed by atoms with E-state index in [1.807, 2.05) is 12.2 Å². The van der Waals surface area contributed by atoms with Gasteiger partial charge in [-0.25, -0.2) is 12.2 Å². The Morgan fingerprint density at radius 1 is 0.800 bits per heavy atom. The van der Waals surface area contributed by atoms with Gasteiger partial charge in [0.15, 0.2) is 0 Å². The van der Waals surface area contributed by atoms with Gasteiger partial charge in [-0.05, 0) is 17.4 Å². The number of rotatable bonds is 0. The van der Waals surface area contributed by atoms with Crippen LogP contribution in [0.1, 0.15) is 102 Å². The van der Waals surface area contributed by atoms with Crippen LogP contribution in [-0.4, -0.2) is 3.81 Å². The minimum absolute atomic E-state index is 0. The summed E-state index contributed by atoms with van der Waals surface area (Å²) in [4.78, 5) is 0. The first-order chi connectivity index (χ1) is 15.6. The van der Waals surface area contributed by atoms with Gasteiger partial charge in [-0.2, -0.15) is 35.4 Å². The van der Waals surface area contributed by atoms with Gasteiger partial charge in [0.05, 0.1) is 0 Å². The molecule has 0 aliphatic heterocycles. The molecule has 0 spiro atoms. The Labute approximate surface area is 238 Å². The van der Waals surface area contributed by atoms with Crippen molar-refractivity contribution in [2.24, 2.45) is 0 Å². The summed E-state index contributed by atoms with van der Waals surface area (Å²) in [5, 5.41) is 0. The molecule has 0 heterocycles. The van der Waals surface area contributed by atoms with Gasteiger partial charge in [-0.15, -0.1) is 12.0 Å². The normalized spacial score (nSPS) is 15.5. The first-order valence-electron chi connectivity index (χ1n) is 12.5. The molecule has 0 radical (unpaired) electrons. The summed E-state index contributed by atoms with van der Waals surface area (Å²) in [7, 11) is 0. The van der Waals surface area contributed by atoms with Crippen LogP contribution in [0.2, 0.25) is 0 Å². The molecule has 1 saturated carbocycles. The van der Waals surface area contributed by atoms with Gasteiger partial charge in [-0.1, -0.05) is 76.3 Å². The Hall–Kier alpha value is -0.916. The van der Waals surface area contributed by atoms with Gasteiger partial charge < -0.3 is 24.8 Å². The van der Waals surface area contributed by atoms with Crippen LogP contribution in [0.5, 0.6) is 0 Å². The van der Waals surface area contributed by atoms with Crippen molar-refractivity contribution >= 4 is 3.81 Å². The molecule has 5 rings (SSSR count). The van der Waals surface area contributed by atoms with E-state index in [1.54, 1.807) is 3.81 Å². The Kier molecular flexibility index (Phi) is 13.0. The van der Waals surface area contributed by atoms with Crippen LogP contribution in [0, 0.1) is 12.1 Å². The molecule has 188 valence electrons. The predicted octanol–water partition coefficient (Wildman–Crippen LogP) is 2.64. The van der Waals surface area contributed by atoms with Crippen molar-refractivity contribution in [3.05, 3.63) is 83.0 Å². The van der Waals surface area contributed by atoms with E-state index < -0.39 is 0 Å². The van der Waals surface area contributed by atoms with Crippen molar-refractivity contribution in [2.75, 3.05) is 0 Å². The maximum atomic E-state index is 3.53. The number of fused-ring (bicyclic) bond motifs is 3. The standard InChI is InChI=1S/C21H25.C6H10.C5H5.2ClH.Ti/c1-20(2,3)16-9-7-14-11-15-8-10-17(21(4,5)6)13-19(15)18(14)12-16;1-2-4-6-5-3-1;1-2-4-5-3-1;;;/h7,9-10,12-13H,11H2,1-6H3;1-5H2;1-3H,4H2;2*1H;/q-1;;-1;;;+2/p-2. The first kappa shape index (κ1) is 32.1. The number of hydrogen-bond donors (Lipinski definition) is 0. The van der Waals surface area contributed by atoms with E-state index in [0.29, 0.717) is 0 Å². The van der Waals surface area contributed by atoms with E-state index in [1.165, 1.54) is 65.5 Å². The Morgan fingerprint density at radius 3 is 1.89 bits per heavy atom. The summed E-state index contributed by atoms with van der Waals surface area (Å²) >= 11 is 2.28. The third kappa shape index (κ3) is 9.48. The molecule has 35 heavy (non-hydrogen) atoms. The zero-order chi connectivity index (χ0) is 24.1. The predicted molar refractivity (Wildman–Crippen MR) is 141 cm³/mol. The van der Waals surface area contributed by atoms with Crippen LogP contribution in [0.15, 0.2) is 48.6 Å². The molecule has 0 nitrogen and oxygen atoms in total. The summed E-state index contributed by atoms with van der Waals surface area (Å²) in [5.41, 5.74) is 8.76. The molecule has 0 saturated heterocycles. The van der Waals surface area contributed by atoms with Crippen LogP contribution >= 0.6 is 0 Å². The second kappa shape index (κ2) is 14.1. The number of halogens is 2. The van der Waals surface area contributed by atoms with Gasteiger partial charge in [0, 0.05) is 0 Å². The fourth-order valence-corrected chi connectivity index (χ4v) is 4.86. The van der Waals surface area contributed by atoms with E-state index in [-0.39, 0.29) is 35.6 Å².